The normalized spacial score (nSPS) is 18.6. The van der Waals surface area contributed by atoms with Crippen LogP contribution in [0.2, 0.25) is 0 Å². The van der Waals surface area contributed by atoms with E-state index in [0.717, 1.165) is 54.5 Å². The van der Waals surface area contributed by atoms with Gasteiger partial charge in [0.2, 0.25) is 0 Å². The van der Waals surface area contributed by atoms with Crippen molar-refractivity contribution in [1.82, 2.24) is 0 Å². The zero-order valence-corrected chi connectivity index (χ0v) is 19.0. The van der Waals surface area contributed by atoms with Gasteiger partial charge in [0.15, 0.2) is 17.5 Å². The Bertz CT molecular complexity index is 1080. The van der Waals surface area contributed by atoms with Gasteiger partial charge in [-0.3, -0.25) is 0 Å². The second kappa shape index (κ2) is 10.2. The van der Waals surface area contributed by atoms with E-state index in [1.54, 1.807) is 12.1 Å². The molecule has 180 valence electrons. The molecule has 0 spiro atoms. The van der Waals surface area contributed by atoms with E-state index in [1.807, 2.05) is 12.1 Å². The van der Waals surface area contributed by atoms with Gasteiger partial charge in [-0.15, -0.1) is 0 Å². The number of alkyl halides is 2. The van der Waals surface area contributed by atoms with E-state index < -0.39 is 29.1 Å². The molecule has 0 N–H and O–H groups in total. The molecule has 1 aliphatic rings. The van der Waals surface area contributed by atoms with E-state index >= 15 is 0 Å². The summed E-state index contributed by atoms with van der Waals surface area (Å²) in [7, 11) is 0. The molecule has 0 heterocycles. The summed E-state index contributed by atoms with van der Waals surface area (Å²) in [5.41, 5.74) is 1.01. The Morgan fingerprint density at radius 1 is 0.794 bits per heavy atom. The summed E-state index contributed by atoms with van der Waals surface area (Å²) in [6.07, 6.45) is 3.52. The summed E-state index contributed by atoms with van der Waals surface area (Å²) < 4.78 is 74.4. The van der Waals surface area contributed by atoms with E-state index in [0.29, 0.717) is 0 Å². The molecule has 1 fully saturated rings. The van der Waals surface area contributed by atoms with E-state index in [4.69, 9.17) is 4.74 Å². The Morgan fingerprint density at radius 3 is 1.97 bits per heavy atom. The van der Waals surface area contributed by atoms with Crippen LogP contribution in [0, 0.1) is 29.3 Å². The van der Waals surface area contributed by atoms with Crippen LogP contribution < -0.4 is 4.74 Å². The van der Waals surface area contributed by atoms with Crippen molar-refractivity contribution < 1.29 is 26.7 Å². The van der Waals surface area contributed by atoms with Crippen LogP contribution >= 0.6 is 0 Å². The number of ether oxygens (including phenoxy) is 1. The Kier molecular flexibility index (Phi) is 7.24. The highest BCUT2D eigenvalue weighted by Gasteiger charge is 2.34. The van der Waals surface area contributed by atoms with E-state index in [9.17, 15) is 22.0 Å². The predicted molar refractivity (Wildman–Crippen MR) is 122 cm³/mol. The van der Waals surface area contributed by atoms with Crippen molar-refractivity contribution in [3.63, 3.8) is 0 Å². The summed E-state index contributed by atoms with van der Waals surface area (Å²) >= 11 is 0. The lowest BCUT2D eigenvalue weighted by Crippen LogP contribution is -2.21. The second-order valence-electron chi connectivity index (χ2n) is 9.26. The monoisotopic (exact) mass is 474 g/mol. The summed E-state index contributed by atoms with van der Waals surface area (Å²) in [5.74, 6) is -2.65. The quantitative estimate of drug-likeness (QED) is 0.246. The van der Waals surface area contributed by atoms with E-state index in [-0.39, 0.29) is 16.9 Å². The van der Waals surface area contributed by atoms with Gasteiger partial charge in [-0.25, -0.2) is 13.2 Å². The zero-order chi connectivity index (χ0) is 24.3. The van der Waals surface area contributed by atoms with E-state index in [1.165, 1.54) is 37.8 Å². The second-order valence-corrected chi connectivity index (χ2v) is 9.26. The molecule has 0 aromatic heterocycles. The number of hydrogen-bond donors (Lipinski definition) is 0. The molecule has 1 aliphatic carbocycles. The lowest BCUT2D eigenvalue weighted by atomic mass is 9.80. The first kappa shape index (κ1) is 24.2. The lowest BCUT2D eigenvalue weighted by molar-refractivity contribution is -0.185. The maximum Gasteiger partial charge on any atom is 0.426 e. The smallest absolute Gasteiger partial charge is 0.426 e. The largest absolute Gasteiger partial charge is 0.429 e. The minimum Gasteiger partial charge on any atom is -0.429 e. The van der Waals surface area contributed by atoms with Gasteiger partial charge in [-0.1, -0.05) is 56.9 Å². The fraction of sp³-hybridized carbons (Fsp3) is 0.357. The lowest BCUT2D eigenvalue weighted by Gasteiger charge is -2.26. The third-order valence-corrected chi connectivity index (χ3v) is 6.68. The first-order valence-corrected chi connectivity index (χ1v) is 11.6. The Morgan fingerprint density at radius 2 is 1.38 bits per heavy atom. The molecule has 0 bridgehead atoms. The third-order valence-electron chi connectivity index (χ3n) is 6.68. The molecule has 1 nitrogen and oxygen atoms in total. The number of benzene rings is 3. The Hall–Kier alpha value is -2.89. The standard InChI is InChI=1S/C28H27F5O/c1-18-2-4-19(5-3-18)6-7-20-8-14-24(15-9-20)34-28(32,33)23-12-10-21(11-13-23)22-16-25(29)27(31)26(30)17-22/h8-19H,2-7H2,1H3. The van der Waals surface area contributed by atoms with Crippen LogP contribution in [0.25, 0.3) is 11.1 Å². The number of hydrogen-bond acceptors (Lipinski definition) is 1. The van der Waals surface area contributed by atoms with E-state index in [2.05, 4.69) is 6.92 Å². The molecule has 34 heavy (non-hydrogen) atoms. The van der Waals surface area contributed by atoms with Gasteiger partial charge in [-0.2, -0.15) is 8.78 Å². The Labute approximate surface area is 196 Å². The van der Waals surface area contributed by atoms with Crippen LogP contribution in [-0.2, 0) is 12.5 Å². The highest BCUT2D eigenvalue weighted by Crippen LogP contribution is 2.34. The molecule has 0 saturated heterocycles. The van der Waals surface area contributed by atoms with Gasteiger partial charge in [0.1, 0.15) is 5.75 Å². The molecule has 4 rings (SSSR count). The maximum absolute atomic E-state index is 14.7. The molecule has 0 aliphatic heterocycles. The van der Waals surface area contributed by atoms with Crippen molar-refractivity contribution >= 4 is 0 Å². The van der Waals surface area contributed by atoms with Crippen molar-refractivity contribution in [3.05, 3.63) is 89.2 Å². The van der Waals surface area contributed by atoms with Crippen molar-refractivity contribution in [1.29, 1.82) is 0 Å². The topological polar surface area (TPSA) is 9.23 Å². The molecule has 3 aromatic carbocycles. The van der Waals surface area contributed by atoms with Crippen molar-refractivity contribution in [2.45, 2.75) is 51.6 Å². The molecular formula is C28H27F5O. The fourth-order valence-electron chi connectivity index (χ4n) is 4.50. The summed E-state index contributed by atoms with van der Waals surface area (Å²) in [6, 6.07) is 13.2. The molecular weight excluding hydrogens is 447 g/mol. The Balaban J connectivity index is 1.37. The predicted octanol–water partition coefficient (Wildman–Crippen LogP) is 8.66. The van der Waals surface area contributed by atoms with Gasteiger partial charge < -0.3 is 4.74 Å². The number of aryl methyl sites for hydroxylation is 1. The van der Waals surface area contributed by atoms with Crippen LogP contribution in [0.15, 0.2) is 60.7 Å². The minimum absolute atomic E-state index is 0.0468. The SMILES string of the molecule is CC1CCC(CCc2ccc(OC(F)(F)c3ccc(-c4cc(F)c(F)c(F)c4)cc3)cc2)CC1. The van der Waals surface area contributed by atoms with Gasteiger partial charge in [0, 0.05) is 0 Å². The molecule has 1 saturated carbocycles. The van der Waals surface area contributed by atoms with Crippen molar-refractivity contribution in [2.75, 3.05) is 0 Å². The summed E-state index contributed by atoms with van der Waals surface area (Å²) in [5, 5.41) is 0. The highest BCUT2D eigenvalue weighted by atomic mass is 19.3. The number of rotatable bonds is 7. The van der Waals surface area contributed by atoms with Gasteiger partial charge in [-0.05, 0) is 77.8 Å². The van der Waals surface area contributed by atoms with Gasteiger partial charge >= 0.3 is 6.11 Å². The molecule has 0 atom stereocenters. The first-order chi connectivity index (χ1) is 16.2. The van der Waals surface area contributed by atoms with Gasteiger partial charge in [0.25, 0.3) is 0 Å². The summed E-state index contributed by atoms with van der Waals surface area (Å²) in [4.78, 5) is 0. The average molecular weight is 475 g/mol. The maximum atomic E-state index is 14.7. The molecule has 6 heteroatoms. The van der Waals surface area contributed by atoms with Crippen LogP contribution in [-0.4, -0.2) is 0 Å². The van der Waals surface area contributed by atoms with Crippen LogP contribution in [0.4, 0.5) is 22.0 Å². The molecule has 0 radical (unpaired) electrons. The average Bonchev–Trinajstić information content (AvgIpc) is 2.83. The van der Waals surface area contributed by atoms with Crippen molar-refractivity contribution in [2.24, 2.45) is 11.8 Å². The van der Waals surface area contributed by atoms with Crippen LogP contribution in [0.5, 0.6) is 5.75 Å². The molecule has 0 amide bonds. The third kappa shape index (κ3) is 5.78. The zero-order valence-electron chi connectivity index (χ0n) is 19.0. The highest BCUT2D eigenvalue weighted by molar-refractivity contribution is 5.64. The molecule has 0 unspecified atom stereocenters. The fourth-order valence-corrected chi connectivity index (χ4v) is 4.50. The van der Waals surface area contributed by atoms with Gasteiger partial charge in [0.05, 0.1) is 5.56 Å². The van der Waals surface area contributed by atoms with Crippen LogP contribution in [0.1, 0.15) is 50.2 Å². The molecule has 3 aromatic rings. The number of halogens is 5. The van der Waals surface area contributed by atoms with Crippen LogP contribution in [0.3, 0.4) is 0 Å². The minimum atomic E-state index is -3.60. The van der Waals surface area contributed by atoms with Crippen molar-refractivity contribution in [3.8, 4) is 16.9 Å². The summed E-state index contributed by atoms with van der Waals surface area (Å²) in [6.45, 7) is 2.30. The first-order valence-electron chi connectivity index (χ1n) is 11.6.